The molecule has 2 aromatic carbocycles. The molecular formula is C28H31N3O4. The summed E-state index contributed by atoms with van der Waals surface area (Å²) in [5.74, 6) is 0.714. The van der Waals surface area contributed by atoms with E-state index in [1.165, 1.54) is 11.1 Å². The largest absolute Gasteiger partial charge is 0.490 e. The molecule has 1 atom stereocenters. The number of nitrogens with zero attached hydrogens (tertiary/aromatic N) is 2. The fourth-order valence-electron chi connectivity index (χ4n) is 4.05. The van der Waals surface area contributed by atoms with E-state index in [9.17, 15) is 9.59 Å². The summed E-state index contributed by atoms with van der Waals surface area (Å²) >= 11 is 0. The van der Waals surface area contributed by atoms with E-state index < -0.39 is 0 Å². The normalized spacial score (nSPS) is 13.9. The highest BCUT2D eigenvalue weighted by Crippen LogP contribution is 2.25. The summed E-state index contributed by atoms with van der Waals surface area (Å²) in [4.78, 5) is 30.6. The molecule has 0 radical (unpaired) electrons. The van der Waals surface area contributed by atoms with Gasteiger partial charge in [0.25, 0.3) is 0 Å². The number of benzene rings is 2. The fourth-order valence-corrected chi connectivity index (χ4v) is 4.05. The van der Waals surface area contributed by atoms with Crippen LogP contribution in [0, 0.1) is 6.92 Å². The van der Waals surface area contributed by atoms with E-state index in [1.807, 2.05) is 30.3 Å². The fraction of sp³-hybridized carbons (Fsp3) is 0.321. The lowest BCUT2D eigenvalue weighted by molar-refractivity contribution is -0.117. The van der Waals surface area contributed by atoms with Gasteiger partial charge in [0.05, 0.1) is 25.2 Å². The molecule has 0 saturated carbocycles. The van der Waals surface area contributed by atoms with Crippen molar-refractivity contribution in [3.8, 4) is 5.75 Å². The SMILES string of the molecule is Cc1ccc(CCC[C@@H](C(=O)Nc2ccc(OCCN3CCOC3=O)cn2)c2ccccc2)cc1. The van der Waals surface area contributed by atoms with Crippen LogP contribution < -0.4 is 10.1 Å². The molecule has 3 aromatic rings. The van der Waals surface area contributed by atoms with Crippen molar-refractivity contribution in [3.05, 3.63) is 89.6 Å². The van der Waals surface area contributed by atoms with Crippen molar-refractivity contribution < 1.29 is 19.1 Å². The van der Waals surface area contributed by atoms with Gasteiger partial charge in [-0.3, -0.25) is 4.79 Å². The smallest absolute Gasteiger partial charge is 0.410 e. The van der Waals surface area contributed by atoms with E-state index >= 15 is 0 Å². The van der Waals surface area contributed by atoms with Crippen LogP contribution in [0.25, 0.3) is 0 Å². The zero-order valence-corrected chi connectivity index (χ0v) is 20.0. The molecule has 1 aromatic heterocycles. The summed E-state index contributed by atoms with van der Waals surface area (Å²) in [6.07, 6.45) is 3.84. The molecule has 0 unspecified atom stereocenters. The van der Waals surface area contributed by atoms with Gasteiger partial charge in [-0.05, 0) is 49.4 Å². The number of hydrogen-bond donors (Lipinski definition) is 1. The van der Waals surface area contributed by atoms with Crippen molar-refractivity contribution >= 4 is 17.8 Å². The Kier molecular flexibility index (Phi) is 8.33. The average Bonchev–Trinajstić information content (AvgIpc) is 3.29. The van der Waals surface area contributed by atoms with Crippen LogP contribution in [0.5, 0.6) is 5.75 Å². The van der Waals surface area contributed by atoms with Gasteiger partial charge in [0.15, 0.2) is 0 Å². The Labute approximate surface area is 206 Å². The minimum Gasteiger partial charge on any atom is -0.490 e. The van der Waals surface area contributed by atoms with E-state index in [2.05, 4.69) is 41.5 Å². The van der Waals surface area contributed by atoms with Crippen molar-refractivity contribution in [3.63, 3.8) is 0 Å². The molecule has 1 fully saturated rings. The van der Waals surface area contributed by atoms with Crippen LogP contribution in [0.3, 0.4) is 0 Å². The molecule has 7 nitrogen and oxygen atoms in total. The minimum atomic E-state index is -0.309. The second-order valence-electron chi connectivity index (χ2n) is 8.66. The van der Waals surface area contributed by atoms with Crippen LogP contribution in [-0.4, -0.2) is 48.2 Å². The monoisotopic (exact) mass is 473 g/mol. The lowest BCUT2D eigenvalue weighted by Crippen LogP contribution is -2.29. The Morgan fingerprint density at radius 3 is 2.60 bits per heavy atom. The van der Waals surface area contributed by atoms with Crippen LogP contribution in [-0.2, 0) is 16.0 Å². The van der Waals surface area contributed by atoms with Gasteiger partial charge in [-0.1, -0.05) is 60.2 Å². The van der Waals surface area contributed by atoms with Crippen molar-refractivity contribution in [2.75, 3.05) is 31.6 Å². The number of amides is 2. The highest BCUT2D eigenvalue weighted by Gasteiger charge is 2.22. The lowest BCUT2D eigenvalue weighted by Gasteiger charge is -2.17. The van der Waals surface area contributed by atoms with Crippen molar-refractivity contribution in [2.45, 2.75) is 32.1 Å². The van der Waals surface area contributed by atoms with E-state index in [-0.39, 0.29) is 17.9 Å². The van der Waals surface area contributed by atoms with Gasteiger partial charge in [-0.25, -0.2) is 9.78 Å². The summed E-state index contributed by atoms with van der Waals surface area (Å²) in [7, 11) is 0. The van der Waals surface area contributed by atoms with Crippen LogP contribution in [0.1, 0.15) is 35.4 Å². The average molecular weight is 474 g/mol. The van der Waals surface area contributed by atoms with Crippen molar-refractivity contribution in [1.29, 1.82) is 0 Å². The zero-order chi connectivity index (χ0) is 24.5. The number of hydrogen-bond acceptors (Lipinski definition) is 5. The first-order valence-electron chi connectivity index (χ1n) is 12.0. The molecule has 0 bridgehead atoms. The molecular weight excluding hydrogens is 442 g/mol. The maximum Gasteiger partial charge on any atom is 0.410 e. The Balaban J connectivity index is 1.31. The molecule has 2 heterocycles. The van der Waals surface area contributed by atoms with Gasteiger partial charge in [0.1, 0.15) is 24.8 Å². The summed E-state index contributed by atoms with van der Waals surface area (Å²) in [5, 5.41) is 2.96. The molecule has 0 aliphatic carbocycles. The number of carbonyl (C=O) groups excluding carboxylic acids is 2. The van der Waals surface area contributed by atoms with Gasteiger partial charge < -0.3 is 19.7 Å². The second-order valence-corrected chi connectivity index (χ2v) is 8.66. The third kappa shape index (κ3) is 7.06. The van der Waals surface area contributed by atoms with Gasteiger partial charge >= 0.3 is 6.09 Å². The molecule has 1 aliphatic heterocycles. The molecule has 1 aliphatic rings. The van der Waals surface area contributed by atoms with E-state index in [1.54, 1.807) is 23.2 Å². The number of rotatable bonds is 11. The van der Waals surface area contributed by atoms with Crippen LogP contribution in [0.4, 0.5) is 10.6 Å². The molecule has 1 saturated heterocycles. The highest BCUT2D eigenvalue weighted by molar-refractivity contribution is 5.95. The number of nitrogens with one attached hydrogen (secondary N) is 1. The summed E-state index contributed by atoms with van der Waals surface area (Å²) < 4.78 is 10.6. The topological polar surface area (TPSA) is 80.8 Å². The molecule has 0 spiro atoms. The first kappa shape index (κ1) is 24.3. The molecule has 4 rings (SSSR count). The predicted octanol–water partition coefficient (Wildman–Crippen LogP) is 4.97. The maximum atomic E-state index is 13.2. The van der Waals surface area contributed by atoms with E-state index in [0.29, 0.717) is 37.9 Å². The second kappa shape index (κ2) is 12.0. The van der Waals surface area contributed by atoms with Crippen molar-refractivity contribution in [2.24, 2.45) is 0 Å². The Morgan fingerprint density at radius 2 is 1.91 bits per heavy atom. The standard InChI is InChI=1S/C28H31N3O4/c1-21-10-12-22(13-11-21)6-5-9-25(23-7-3-2-4-8-23)27(32)30-26-15-14-24(20-29-26)34-18-16-31-17-19-35-28(31)33/h2-4,7-8,10-15,20,25H,5-6,9,16-19H2,1H3,(H,29,30,32)/t25-/m1/s1. The Bertz CT molecular complexity index is 1100. The third-order valence-electron chi connectivity index (χ3n) is 6.06. The Morgan fingerprint density at radius 1 is 1.11 bits per heavy atom. The molecule has 7 heteroatoms. The number of carbonyl (C=O) groups is 2. The number of aryl methyl sites for hydroxylation is 2. The van der Waals surface area contributed by atoms with Crippen LogP contribution in [0.15, 0.2) is 72.9 Å². The molecule has 182 valence electrons. The van der Waals surface area contributed by atoms with Crippen LogP contribution >= 0.6 is 0 Å². The third-order valence-corrected chi connectivity index (χ3v) is 6.06. The van der Waals surface area contributed by atoms with Crippen molar-refractivity contribution in [1.82, 2.24) is 9.88 Å². The van der Waals surface area contributed by atoms with Gasteiger partial charge in [-0.2, -0.15) is 0 Å². The lowest BCUT2D eigenvalue weighted by atomic mass is 9.91. The summed E-state index contributed by atoms with van der Waals surface area (Å²) in [6.45, 7) is 3.89. The first-order valence-corrected chi connectivity index (χ1v) is 12.0. The summed E-state index contributed by atoms with van der Waals surface area (Å²) in [5.41, 5.74) is 3.52. The summed E-state index contributed by atoms with van der Waals surface area (Å²) in [6, 6.07) is 21.9. The first-order chi connectivity index (χ1) is 17.1. The number of anilines is 1. The molecule has 2 amide bonds. The van der Waals surface area contributed by atoms with Gasteiger partial charge in [-0.15, -0.1) is 0 Å². The van der Waals surface area contributed by atoms with Crippen LogP contribution in [0.2, 0.25) is 0 Å². The van der Waals surface area contributed by atoms with E-state index in [0.717, 1.165) is 24.8 Å². The zero-order valence-electron chi connectivity index (χ0n) is 20.0. The number of cyclic esters (lactones) is 1. The number of aromatic nitrogens is 1. The highest BCUT2D eigenvalue weighted by atomic mass is 16.6. The quantitative estimate of drug-likeness (QED) is 0.425. The Hall–Kier alpha value is -3.87. The number of pyridine rings is 1. The predicted molar refractivity (Wildman–Crippen MR) is 135 cm³/mol. The van der Waals surface area contributed by atoms with Gasteiger partial charge in [0.2, 0.25) is 5.91 Å². The molecule has 1 N–H and O–H groups in total. The van der Waals surface area contributed by atoms with E-state index in [4.69, 9.17) is 9.47 Å². The molecule has 35 heavy (non-hydrogen) atoms. The maximum absolute atomic E-state index is 13.2. The van der Waals surface area contributed by atoms with Gasteiger partial charge in [0, 0.05) is 0 Å². The number of ether oxygens (including phenoxy) is 2. The minimum absolute atomic E-state index is 0.0752.